The summed E-state index contributed by atoms with van der Waals surface area (Å²) >= 11 is 0. The van der Waals surface area contributed by atoms with Crippen molar-refractivity contribution in [2.24, 2.45) is 0 Å². The number of nitrogens with zero attached hydrogens (tertiary/aromatic N) is 1. The third kappa shape index (κ3) is 3.38. The van der Waals surface area contributed by atoms with Crippen LogP contribution in [0, 0.1) is 22.9 Å². The lowest BCUT2D eigenvalue weighted by atomic mass is 10.1. The minimum absolute atomic E-state index is 0.0831. The number of nitro groups is 1. The third-order valence-electron chi connectivity index (χ3n) is 3.80. The van der Waals surface area contributed by atoms with Gasteiger partial charge in [-0.1, -0.05) is 0 Å². The zero-order valence-corrected chi connectivity index (χ0v) is 14.6. The van der Waals surface area contributed by atoms with Gasteiger partial charge >= 0.3 is 21.3 Å². The van der Waals surface area contributed by atoms with E-state index in [1.807, 2.05) is 0 Å². The van der Waals surface area contributed by atoms with Crippen LogP contribution in [0.25, 0.3) is 22.3 Å². The molecule has 2 aromatic carbocycles. The first kappa shape index (κ1) is 19.6. The Balaban J connectivity index is 2.20. The predicted molar refractivity (Wildman–Crippen MR) is 88.6 cm³/mol. The summed E-state index contributed by atoms with van der Waals surface area (Å²) in [6.07, 6.45) is 0. The summed E-state index contributed by atoms with van der Waals surface area (Å²) in [5, 5.41) is 11.3. The van der Waals surface area contributed by atoms with Crippen LogP contribution >= 0.6 is 0 Å². The minimum Gasteiger partial charge on any atom is -0.456 e. The van der Waals surface area contributed by atoms with Crippen molar-refractivity contribution in [1.82, 2.24) is 0 Å². The Morgan fingerprint density at radius 1 is 1.14 bits per heavy atom. The summed E-state index contributed by atoms with van der Waals surface area (Å²) in [4.78, 5) is 10.1. The van der Waals surface area contributed by atoms with Gasteiger partial charge in [-0.25, -0.2) is 4.39 Å². The minimum atomic E-state index is -6.12. The van der Waals surface area contributed by atoms with Crippen LogP contribution in [0.1, 0.15) is 5.56 Å². The molecule has 148 valence electrons. The Kier molecular flexibility index (Phi) is 4.54. The number of alkyl halides is 3. The van der Waals surface area contributed by atoms with Gasteiger partial charge < -0.3 is 8.60 Å². The van der Waals surface area contributed by atoms with Crippen molar-refractivity contribution in [3.63, 3.8) is 0 Å². The molecule has 12 heteroatoms. The Morgan fingerprint density at radius 3 is 2.29 bits per heavy atom. The van der Waals surface area contributed by atoms with E-state index < -0.39 is 37.8 Å². The van der Waals surface area contributed by atoms with Crippen LogP contribution in [0.2, 0.25) is 0 Å². The molecule has 0 aliphatic rings. The van der Waals surface area contributed by atoms with Crippen molar-refractivity contribution < 1.29 is 39.5 Å². The number of furan rings is 1. The van der Waals surface area contributed by atoms with Gasteiger partial charge in [-0.05, 0) is 31.2 Å². The fraction of sp³-hybridized carbons (Fsp3) is 0.125. The molecule has 1 heterocycles. The van der Waals surface area contributed by atoms with E-state index in [0.29, 0.717) is 11.1 Å². The molecule has 7 nitrogen and oxygen atoms in total. The maximum Gasteiger partial charge on any atom is 0.534 e. The highest BCUT2D eigenvalue weighted by Gasteiger charge is 2.49. The fourth-order valence-corrected chi connectivity index (χ4v) is 2.95. The molecular weight excluding hydrogens is 410 g/mol. The van der Waals surface area contributed by atoms with Crippen LogP contribution in [0.3, 0.4) is 0 Å². The average Bonchev–Trinajstić information content (AvgIpc) is 2.90. The average molecular weight is 419 g/mol. The number of rotatable bonds is 4. The molecule has 1 aromatic heterocycles. The van der Waals surface area contributed by atoms with Crippen molar-refractivity contribution in [1.29, 1.82) is 0 Å². The Morgan fingerprint density at radius 2 is 1.75 bits per heavy atom. The number of nitro benzene ring substituents is 1. The predicted octanol–water partition coefficient (Wildman–Crippen LogP) is 4.68. The topological polar surface area (TPSA) is 99.7 Å². The van der Waals surface area contributed by atoms with Crippen molar-refractivity contribution in [2.75, 3.05) is 0 Å². The maximum absolute atomic E-state index is 13.1. The Bertz CT molecular complexity index is 1180. The molecule has 0 radical (unpaired) electrons. The fourth-order valence-electron chi connectivity index (χ4n) is 2.49. The number of aryl methyl sites for hydroxylation is 1. The number of fused-ring (bicyclic) bond motifs is 1. The summed E-state index contributed by atoms with van der Waals surface area (Å²) in [5.41, 5.74) is -6.13. The summed E-state index contributed by atoms with van der Waals surface area (Å²) in [7, 11) is -6.12. The van der Waals surface area contributed by atoms with Gasteiger partial charge in [0.1, 0.15) is 17.2 Å². The van der Waals surface area contributed by atoms with E-state index in [4.69, 9.17) is 4.42 Å². The summed E-state index contributed by atoms with van der Waals surface area (Å²) in [6.45, 7) is 1.50. The molecule has 0 unspecified atom stereocenters. The van der Waals surface area contributed by atoms with E-state index in [0.717, 1.165) is 24.3 Å². The highest BCUT2D eigenvalue weighted by atomic mass is 32.2. The number of halogens is 4. The van der Waals surface area contributed by atoms with Gasteiger partial charge in [-0.3, -0.25) is 10.1 Å². The van der Waals surface area contributed by atoms with E-state index in [-0.39, 0.29) is 16.7 Å². The summed E-state index contributed by atoms with van der Waals surface area (Å²) < 4.78 is 82.8. The van der Waals surface area contributed by atoms with Gasteiger partial charge in [0.05, 0.1) is 11.0 Å². The zero-order valence-electron chi connectivity index (χ0n) is 13.8. The normalized spacial score (nSPS) is 12.3. The highest BCUT2D eigenvalue weighted by Crippen LogP contribution is 2.41. The molecule has 3 aromatic rings. The maximum atomic E-state index is 13.1. The van der Waals surface area contributed by atoms with Gasteiger partial charge in [0.15, 0.2) is 0 Å². The number of hydrogen-bond donors (Lipinski definition) is 0. The molecule has 0 atom stereocenters. The summed E-state index contributed by atoms with van der Waals surface area (Å²) in [5.74, 6) is -1.44. The van der Waals surface area contributed by atoms with Crippen LogP contribution in [-0.4, -0.2) is 18.8 Å². The molecule has 0 aliphatic heterocycles. The molecule has 0 spiro atoms. The van der Waals surface area contributed by atoms with Crippen LogP contribution in [0.4, 0.5) is 23.2 Å². The van der Waals surface area contributed by atoms with Gasteiger partial charge in [0.25, 0.3) is 0 Å². The SMILES string of the molecule is Cc1c(-c2ccc(F)cc2)oc2cc([N+](=O)[O-])c(OS(=O)(=O)C(F)(F)F)cc12. The van der Waals surface area contributed by atoms with Crippen LogP contribution in [0.5, 0.6) is 5.75 Å². The first-order valence-electron chi connectivity index (χ1n) is 7.39. The van der Waals surface area contributed by atoms with Crippen LogP contribution < -0.4 is 4.18 Å². The van der Waals surface area contributed by atoms with Gasteiger partial charge in [0.2, 0.25) is 5.75 Å². The quantitative estimate of drug-likeness (QED) is 0.200. The lowest BCUT2D eigenvalue weighted by Crippen LogP contribution is -2.28. The molecule has 0 aliphatic carbocycles. The number of benzene rings is 2. The first-order chi connectivity index (χ1) is 12.9. The molecule has 0 fully saturated rings. The lowest BCUT2D eigenvalue weighted by molar-refractivity contribution is -0.385. The van der Waals surface area contributed by atoms with Crippen LogP contribution in [0.15, 0.2) is 40.8 Å². The Hall–Kier alpha value is -3.15. The lowest BCUT2D eigenvalue weighted by Gasteiger charge is -2.09. The largest absolute Gasteiger partial charge is 0.534 e. The molecule has 0 saturated heterocycles. The molecular formula is C16H9F4NO6S. The monoisotopic (exact) mass is 419 g/mol. The second kappa shape index (κ2) is 6.48. The van der Waals surface area contributed by atoms with E-state index in [2.05, 4.69) is 4.18 Å². The standard InChI is InChI=1S/C16H9F4NO6S/c1-8-11-6-14(27-28(24,25)16(18,19)20)12(21(22)23)7-13(11)26-15(8)9-2-4-10(17)5-3-9/h2-7H,1H3. The number of hydrogen-bond acceptors (Lipinski definition) is 6. The zero-order chi connectivity index (χ0) is 20.9. The molecule has 0 saturated carbocycles. The third-order valence-corrected chi connectivity index (χ3v) is 4.77. The van der Waals surface area contributed by atoms with Crippen molar-refractivity contribution in [2.45, 2.75) is 12.4 Å². The van der Waals surface area contributed by atoms with Crippen molar-refractivity contribution >= 4 is 26.8 Å². The van der Waals surface area contributed by atoms with Crippen molar-refractivity contribution in [3.8, 4) is 17.1 Å². The smallest absolute Gasteiger partial charge is 0.456 e. The van der Waals surface area contributed by atoms with Crippen molar-refractivity contribution in [3.05, 3.63) is 57.9 Å². The van der Waals surface area contributed by atoms with Gasteiger partial charge in [0, 0.05) is 22.6 Å². The van der Waals surface area contributed by atoms with E-state index in [1.165, 1.54) is 19.1 Å². The first-order valence-corrected chi connectivity index (χ1v) is 8.80. The van der Waals surface area contributed by atoms with Crippen LogP contribution in [-0.2, 0) is 10.1 Å². The van der Waals surface area contributed by atoms with E-state index >= 15 is 0 Å². The summed E-state index contributed by atoms with van der Waals surface area (Å²) in [6, 6.07) is 6.59. The molecule has 28 heavy (non-hydrogen) atoms. The second-order valence-electron chi connectivity index (χ2n) is 5.62. The molecule has 0 N–H and O–H groups in total. The Labute approximate surface area is 154 Å². The molecule has 3 rings (SSSR count). The van der Waals surface area contributed by atoms with E-state index in [9.17, 15) is 36.1 Å². The second-order valence-corrected chi connectivity index (χ2v) is 7.16. The molecule has 0 bridgehead atoms. The highest BCUT2D eigenvalue weighted by molar-refractivity contribution is 7.88. The molecule has 0 amide bonds. The van der Waals surface area contributed by atoms with Gasteiger partial charge in [-0.2, -0.15) is 21.6 Å². The van der Waals surface area contributed by atoms with Gasteiger partial charge in [-0.15, -0.1) is 0 Å². The van der Waals surface area contributed by atoms with E-state index in [1.54, 1.807) is 0 Å².